The van der Waals surface area contributed by atoms with Gasteiger partial charge in [0.2, 0.25) is 0 Å². The Hall–Kier alpha value is -2.32. The fourth-order valence-corrected chi connectivity index (χ4v) is 2.70. The lowest BCUT2D eigenvalue weighted by molar-refractivity contribution is 0.532. The summed E-state index contributed by atoms with van der Waals surface area (Å²) >= 11 is 0. The Morgan fingerprint density at radius 1 is 1.25 bits per heavy atom. The van der Waals surface area contributed by atoms with E-state index >= 15 is 0 Å². The van der Waals surface area contributed by atoms with Crippen molar-refractivity contribution >= 4 is 5.69 Å². The maximum atomic E-state index is 8.65. The van der Waals surface area contributed by atoms with E-state index in [1.807, 2.05) is 14.0 Å². The van der Waals surface area contributed by atoms with E-state index in [4.69, 9.17) is 5.26 Å². The second-order valence-corrected chi connectivity index (χ2v) is 6.18. The molecule has 1 heterocycles. The van der Waals surface area contributed by atoms with Crippen molar-refractivity contribution in [2.45, 2.75) is 39.8 Å². The fourth-order valence-electron chi connectivity index (χ4n) is 2.70. The molecule has 0 saturated heterocycles. The number of rotatable bonds is 9. The first-order valence-electron chi connectivity index (χ1n) is 8.49. The molecule has 0 spiro atoms. The predicted octanol–water partition coefficient (Wildman–Crippen LogP) is 3.03. The lowest BCUT2D eigenvalue weighted by Crippen LogP contribution is -2.19. The second-order valence-electron chi connectivity index (χ2n) is 6.18. The Morgan fingerprint density at radius 3 is 2.62 bits per heavy atom. The zero-order valence-corrected chi connectivity index (χ0v) is 14.9. The highest BCUT2D eigenvalue weighted by Crippen LogP contribution is 2.14. The van der Waals surface area contributed by atoms with Crippen LogP contribution in [0, 0.1) is 25.2 Å². The molecule has 2 aromatic rings. The van der Waals surface area contributed by atoms with Gasteiger partial charge in [0, 0.05) is 38.1 Å². The summed E-state index contributed by atoms with van der Waals surface area (Å²) in [5.74, 6) is 0. The summed E-state index contributed by atoms with van der Waals surface area (Å²) < 4.78 is 2.07. The standard InChI is InChI=1S/C19H27N5/c1-16-14-17(2)24(22-16)13-5-11-21-15-18-6-8-19(9-7-18)23(3)12-4-10-20/h6-9,14,21H,4-5,11-13,15H2,1-3H3. The number of nitrogens with one attached hydrogen (secondary N) is 1. The minimum absolute atomic E-state index is 0.551. The summed E-state index contributed by atoms with van der Waals surface area (Å²) in [5.41, 5.74) is 4.74. The summed E-state index contributed by atoms with van der Waals surface area (Å²) in [4.78, 5) is 2.11. The zero-order valence-electron chi connectivity index (χ0n) is 14.9. The first kappa shape index (κ1) is 18.0. The van der Waals surface area contributed by atoms with Crippen molar-refractivity contribution in [2.75, 3.05) is 25.0 Å². The SMILES string of the molecule is Cc1cc(C)n(CCCNCc2ccc(N(C)CCC#N)cc2)n1. The van der Waals surface area contributed by atoms with E-state index in [-0.39, 0.29) is 0 Å². The van der Waals surface area contributed by atoms with Crippen molar-refractivity contribution < 1.29 is 0 Å². The van der Waals surface area contributed by atoms with Gasteiger partial charge in [-0.3, -0.25) is 4.68 Å². The topological polar surface area (TPSA) is 56.9 Å². The Bertz CT molecular complexity index is 666. The smallest absolute Gasteiger partial charge is 0.0640 e. The Balaban J connectivity index is 1.69. The molecule has 1 aromatic heterocycles. The molecule has 0 aliphatic heterocycles. The largest absolute Gasteiger partial charge is 0.374 e. The summed E-state index contributed by atoms with van der Waals surface area (Å²) in [5, 5.41) is 16.6. The summed E-state index contributed by atoms with van der Waals surface area (Å²) in [6.45, 7) is 7.70. The van der Waals surface area contributed by atoms with E-state index in [0.717, 1.165) is 44.0 Å². The highest BCUT2D eigenvalue weighted by molar-refractivity contribution is 5.46. The number of hydrogen-bond donors (Lipinski definition) is 1. The average Bonchev–Trinajstić information content (AvgIpc) is 2.90. The van der Waals surface area contributed by atoms with Crippen LogP contribution in [0.15, 0.2) is 30.3 Å². The van der Waals surface area contributed by atoms with Crippen molar-refractivity contribution in [3.05, 3.63) is 47.3 Å². The Morgan fingerprint density at radius 2 is 2.00 bits per heavy atom. The van der Waals surface area contributed by atoms with Crippen LogP contribution < -0.4 is 10.2 Å². The average molecular weight is 325 g/mol. The van der Waals surface area contributed by atoms with Gasteiger partial charge in [0.05, 0.1) is 18.2 Å². The van der Waals surface area contributed by atoms with Crippen LogP contribution in [0.2, 0.25) is 0 Å². The molecule has 2 rings (SSSR count). The van der Waals surface area contributed by atoms with Crippen LogP contribution in [0.25, 0.3) is 0 Å². The third-order valence-electron chi connectivity index (χ3n) is 4.09. The van der Waals surface area contributed by atoms with Crippen LogP contribution in [0.3, 0.4) is 0 Å². The molecule has 0 radical (unpaired) electrons. The molecule has 128 valence electrons. The molecule has 0 aliphatic rings. The lowest BCUT2D eigenvalue weighted by Gasteiger charge is -2.18. The summed E-state index contributed by atoms with van der Waals surface area (Å²) in [7, 11) is 2.02. The molecule has 0 saturated carbocycles. The summed E-state index contributed by atoms with van der Waals surface area (Å²) in [6.07, 6.45) is 1.62. The van der Waals surface area contributed by atoms with Gasteiger partial charge < -0.3 is 10.2 Å². The van der Waals surface area contributed by atoms with Gasteiger partial charge in [-0.2, -0.15) is 10.4 Å². The van der Waals surface area contributed by atoms with Gasteiger partial charge in [0.1, 0.15) is 0 Å². The van der Waals surface area contributed by atoms with Crippen LogP contribution in [-0.4, -0.2) is 29.9 Å². The van der Waals surface area contributed by atoms with E-state index in [0.29, 0.717) is 6.42 Å². The van der Waals surface area contributed by atoms with E-state index < -0.39 is 0 Å². The van der Waals surface area contributed by atoms with Crippen LogP contribution in [0.4, 0.5) is 5.69 Å². The first-order valence-corrected chi connectivity index (χ1v) is 8.49. The van der Waals surface area contributed by atoms with E-state index in [2.05, 4.69) is 63.3 Å². The quantitative estimate of drug-likeness (QED) is 0.720. The number of aryl methyl sites for hydroxylation is 3. The first-order chi connectivity index (χ1) is 11.6. The van der Waals surface area contributed by atoms with E-state index in [1.54, 1.807) is 0 Å². The number of hydrogen-bond acceptors (Lipinski definition) is 4. The van der Waals surface area contributed by atoms with Gasteiger partial charge in [0.15, 0.2) is 0 Å². The minimum atomic E-state index is 0.551. The second kappa shape index (κ2) is 9.09. The number of benzene rings is 1. The molecule has 0 amide bonds. The monoisotopic (exact) mass is 325 g/mol. The van der Waals surface area contributed by atoms with Crippen molar-refractivity contribution in [3.8, 4) is 6.07 Å². The molecule has 0 atom stereocenters. The molecule has 5 nitrogen and oxygen atoms in total. The van der Waals surface area contributed by atoms with Crippen molar-refractivity contribution in [1.82, 2.24) is 15.1 Å². The minimum Gasteiger partial charge on any atom is -0.374 e. The lowest BCUT2D eigenvalue weighted by atomic mass is 10.2. The summed E-state index contributed by atoms with van der Waals surface area (Å²) in [6, 6.07) is 12.8. The zero-order chi connectivity index (χ0) is 17.4. The number of aromatic nitrogens is 2. The predicted molar refractivity (Wildman–Crippen MR) is 98.0 cm³/mol. The van der Waals surface area contributed by atoms with Gasteiger partial charge in [0.25, 0.3) is 0 Å². The Kier molecular flexibility index (Phi) is 6.83. The van der Waals surface area contributed by atoms with Crippen LogP contribution in [0.1, 0.15) is 29.8 Å². The van der Waals surface area contributed by atoms with Crippen molar-refractivity contribution in [3.63, 3.8) is 0 Å². The molecule has 0 unspecified atom stereocenters. The van der Waals surface area contributed by atoms with E-state index in [9.17, 15) is 0 Å². The molecule has 1 N–H and O–H groups in total. The highest BCUT2D eigenvalue weighted by atomic mass is 15.3. The van der Waals surface area contributed by atoms with Crippen molar-refractivity contribution in [1.29, 1.82) is 5.26 Å². The molecule has 1 aromatic carbocycles. The van der Waals surface area contributed by atoms with Gasteiger partial charge in [-0.15, -0.1) is 0 Å². The van der Waals surface area contributed by atoms with Crippen LogP contribution in [0.5, 0.6) is 0 Å². The van der Waals surface area contributed by atoms with Crippen LogP contribution >= 0.6 is 0 Å². The molecule has 24 heavy (non-hydrogen) atoms. The van der Waals surface area contributed by atoms with E-state index in [1.165, 1.54) is 11.3 Å². The van der Waals surface area contributed by atoms with Gasteiger partial charge in [-0.1, -0.05) is 12.1 Å². The van der Waals surface area contributed by atoms with Crippen LogP contribution in [-0.2, 0) is 13.1 Å². The molecule has 0 aliphatic carbocycles. The van der Waals surface area contributed by atoms with Gasteiger partial charge in [-0.25, -0.2) is 0 Å². The molecular weight excluding hydrogens is 298 g/mol. The van der Waals surface area contributed by atoms with Crippen molar-refractivity contribution in [2.24, 2.45) is 0 Å². The fraction of sp³-hybridized carbons (Fsp3) is 0.474. The Labute approximate surface area is 144 Å². The highest BCUT2D eigenvalue weighted by Gasteiger charge is 2.02. The van der Waals surface area contributed by atoms with Gasteiger partial charge in [-0.05, 0) is 50.6 Å². The number of anilines is 1. The molecular formula is C19H27N5. The molecule has 5 heteroatoms. The third kappa shape index (κ3) is 5.39. The molecule has 0 fully saturated rings. The maximum Gasteiger partial charge on any atom is 0.0640 e. The maximum absolute atomic E-state index is 8.65. The molecule has 0 bridgehead atoms. The van der Waals surface area contributed by atoms with Gasteiger partial charge >= 0.3 is 0 Å². The third-order valence-corrected chi connectivity index (χ3v) is 4.09. The normalized spacial score (nSPS) is 10.6. The number of nitrogens with zero attached hydrogens (tertiary/aromatic N) is 4. The number of nitriles is 1.